The number of aromatic nitrogens is 2. The molecule has 2 heterocycles. The van der Waals surface area contributed by atoms with Gasteiger partial charge in [-0.1, -0.05) is 0 Å². The molecule has 0 bridgehead atoms. The largest absolute Gasteiger partial charge is 0.478 e. The molecule has 1 aromatic carbocycles. The van der Waals surface area contributed by atoms with E-state index in [1.807, 2.05) is 6.07 Å². The van der Waals surface area contributed by atoms with Crippen LogP contribution in [0.15, 0.2) is 18.3 Å². The van der Waals surface area contributed by atoms with E-state index in [4.69, 9.17) is 9.57 Å². The SMILES string of the molecule is COn1cc2cc(C3COCN3)cc(C(=O)O)c2n1. The minimum Gasteiger partial charge on any atom is -0.478 e. The van der Waals surface area contributed by atoms with Crippen molar-refractivity contribution in [2.45, 2.75) is 6.04 Å². The van der Waals surface area contributed by atoms with E-state index in [0.717, 1.165) is 10.9 Å². The van der Waals surface area contributed by atoms with E-state index in [-0.39, 0.29) is 11.6 Å². The third-order valence-electron chi connectivity index (χ3n) is 3.15. The molecule has 0 radical (unpaired) electrons. The molecule has 1 aliphatic heterocycles. The molecule has 7 heteroatoms. The molecule has 1 atom stereocenters. The van der Waals surface area contributed by atoms with Gasteiger partial charge in [-0.15, -0.1) is 9.94 Å². The molecule has 1 aromatic heterocycles. The van der Waals surface area contributed by atoms with Crippen LogP contribution in [0.2, 0.25) is 0 Å². The first-order valence-corrected chi connectivity index (χ1v) is 5.81. The Hall–Kier alpha value is -2.12. The van der Waals surface area contributed by atoms with Crippen molar-refractivity contribution in [2.75, 3.05) is 20.4 Å². The van der Waals surface area contributed by atoms with Gasteiger partial charge >= 0.3 is 5.97 Å². The van der Waals surface area contributed by atoms with E-state index in [1.54, 1.807) is 12.3 Å². The van der Waals surface area contributed by atoms with E-state index < -0.39 is 5.97 Å². The molecule has 3 rings (SSSR count). The van der Waals surface area contributed by atoms with Crippen molar-refractivity contribution in [3.63, 3.8) is 0 Å². The number of nitrogens with zero attached hydrogens (tertiary/aromatic N) is 2. The fourth-order valence-corrected chi connectivity index (χ4v) is 2.20. The Kier molecular flexibility index (Phi) is 2.84. The van der Waals surface area contributed by atoms with Crippen LogP contribution in [0.5, 0.6) is 0 Å². The molecular formula is C12H13N3O4. The van der Waals surface area contributed by atoms with Gasteiger partial charge in [0.1, 0.15) is 12.6 Å². The van der Waals surface area contributed by atoms with Crippen molar-refractivity contribution in [3.05, 3.63) is 29.5 Å². The van der Waals surface area contributed by atoms with Gasteiger partial charge in [0.15, 0.2) is 0 Å². The van der Waals surface area contributed by atoms with Gasteiger partial charge in [0, 0.05) is 5.39 Å². The molecule has 1 unspecified atom stereocenters. The minimum absolute atomic E-state index is 0.00777. The lowest BCUT2D eigenvalue weighted by Gasteiger charge is -2.09. The summed E-state index contributed by atoms with van der Waals surface area (Å²) in [5.74, 6) is -1.01. The van der Waals surface area contributed by atoms with Gasteiger partial charge in [-0.05, 0) is 17.7 Å². The number of nitrogens with one attached hydrogen (secondary N) is 1. The van der Waals surface area contributed by atoms with Crippen molar-refractivity contribution in [3.8, 4) is 0 Å². The van der Waals surface area contributed by atoms with Gasteiger partial charge < -0.3 is 14.7 Å². The molecule has 1 aliphatic rings. The van der Waals surface area contributed by atoms with Crippen molar-refractivity contribution >= 4 is 16.9 Å². The van der Waals surface area contributed by atoms with Crippen molar-refractivity contribution < 1.29 is 19.5 Å². The standard InChI is InChI=1S/C12H13N3O4/c1-18-15-4-8-2-7(10-5-19-6-13-10)3-9(12(16)17)11(8)14-15/h2-4,10,13H,5-6H2,1H3,(H,16,17). The number of hydrogen-bond acceptors (Lipinski definition) is 5. The first kappa shape index (κ1) is 11.9. The summed E-state index contributed by atoms with van der Waals surface area (Å²) in [6, 6.07) is 3.54. The Morgan fingerprint density at radius 1 is 1.63 bits per heavy atom. The van der Waals surface area contributed by atoms with E-state index in [2.05, 4.69) is 10.4 Å². The van der Waals surface area contributed by atoms with Crippen LogP contribution in [0.3, 0.4) is 0 Å². The number of carboxylic acids is 1. The number of rotatable bonds is 3. The first-order valence-electron chi connectivity index (χ1n) is 5.81. The zero-order valence-electron chi connectivity index (χ0n) is 10.3. The van der Waals surface area contributed by atoms with Crippen LogP contribution in [0.4, 0.5) is 0 Å². The van der Waals surface area contributed by atoms with E-state index in [9.17, 15) is 9.90 Å². The van der Waals surface area contributed by atoms with Gasteiger partial charge in [-0.2, -0.15) is 0 Å². The normalized spacial score (nSPS) is 18.9. The van der Waals surface area contributed by atoms with Gasteiger partial charge in [0.25, 0.3) is 0 Å². The maximum atomic E-state index is 11.3. The summed E-state index contributed by atoms with van der Waals surface area (Å²) in [5.41, 5.74) is 1.45. The van der Waals surface area contributed by atoms with Crippen LogP contribution in [0.25, 0.3) is 10.9 Å². The van der Waals surface area contributed by atoms with Crippen LogP contribution in [0.1, 0.15) is 22.0 Å². The van der Waals surface area contributed by atoms with Crippen molar-refractivity contribution in [1.82, 2.24) is 15.3 Å². The monoisotopic (exact) mass is 263 g/mol. The maximum absolute atomic E-state index is 11.3. The highest BCUT2D eigenvalue weighted by Gasteiger charge is 2.21. The summed E-state index contributed by atoms with van der Waals surface area (Å²) in [4.78, 5) is 17.6. The molecule has 0 spiro atoms. The molecule has 0 amide bonds. The number of benzene rings is 1. The average Bonchev–Trinajstić information content (AvgIpc) is 3.05. The molecule has 7 nitrogen and oxygen atoms in total. The van der Waals surface area contributed by atoms with Gasteiger partial charge in [-0.3, -0.25) is 5.32 Å². The Balaban J connectivity index is 2.16. The summed E-state index contributed by atoms with van der Waals surface area (Å²) >= 11 is 0. The van der Waals surface area contributed by atoms with Gasteiger partial charge in [0.05, 0.1) is 31.1 Å². The maximum Gasteiger partial charge on any atom is 0.337 e. The number of hydrogen-bond donors (Lipinski definition) is 2. The Morgan fingerprint density at radius 2 is 2.47 bits per heavy atom. The van der Waals surface area contributed by atoms with Crippen LogP contribution >= 0.6 is 0 Å². The minimum atomic E-state index is -1.01. The molecular weight excluding hydrogens is 250 g/mol. The summed E-state index contributed by atoms with van der Waals surface area (Å²) < 4.78 is 5.25. The summed E-state index contributed by atoms with van der Waals surface area (Å²) in [6.45, 7) is 1.01. The van der Waals surface area contributed by atoms with Crippen LogP contribution in [-0.2, 0) is 4.74 Å². The third-order valence-corrected chi connectivity index (χ3v) is 3.15. The predicted molar refractivity (Wildman–Crippen MR) is 65.9 cm³/mol. The fourth-order valence-electron chi connectivity index (χ4n) is 2.20. The lowest BCUT2D eigenvalue weighted by molar-refractivity contribution is 0.0698. The second-order valence-corrected chi connectivity index (χ2v) is 4.30. The highest BCUT2D eigenvalue weighted by atomic mass is 16.7. The summed E-state index contributed by atoms with van der Waals surface area (Å²) in [7, 11) is 1.47. The number of carbonyl (C=O) groups is 1. The Morgan fingerprint density at radius 3 is 3.11 bits per heavy atom. The topological polar surface area (TPSA) is 85.6 Å². The molecule has 0 aliphatic carbocycles. The van der Waals surface area contributed by atoms with Crippen LogP contribution < -0.4 is 10.2 Å². The highest BCUT2D eigenvalue weighted by Crippen LogP contribution is 2.25. The molecule has 19 heavy (non-hydrogen) atoms. The zero-order chi connectivity index (χ0) is 13.4. The Labute approximate surface area is 108 Å². The second-order valence-electron chi connectivity index (χ2n) is 4.30. The van der Waals surface area contributed by atoms with Gasteiger partial charge in [0.2, 0.25) is 0 Å². The number of fused-ring (bicyclic) bond motifs is 1. The second kappa shape index (κ2) is 4.52. The van der Waals surface area contributed by atoms with Crippen LogP contribution in [-0.4, -0.2) is 41.5 Å². The average molecular weight is 263 g/mol. The quantitative estimate of drug-likeness (QED) is 0.834. The molecule has 1 saturated heterocycles. The predicted octanol–water partition coefficient (Wildman–Crippen LogP) is 0.411. The summed E-state index contributed by atoms with van der Waals surface area (Å²) in [5, 5.41) is 17.3. The van der Waals surface area contributed by atoms with E-state index in [1.165, 1.54) is 12.0 Å². The lowest BCUT2D eigenvalue weighted by atomic mass is 10.0. The zero-order valence-corrected chi connectivity index (χ0v) is 10.3. The lowest BCUT2D eigenvalue weighted by Crippen LogP contribution is -2.15. The molecule has 2 aromatic rings. The van der Waals surface area contributed by atoms with Crippen molar-refractivity contribution in [1.29, 1.82) is 0 Å². The summed E-state index contributed by atoms with van der Waals surface area (Å²) in [6.07, 6.45) is 1.65. The van der Waals surface area contributed by atoms with E-state index >= 15 is 0 Å². The van der Waals surface area contributed by atoms with Gasteiger partial charge in [-0.25, -0.2) is 4.79 Å². The third kappa shape index (κ3) is 2.02. The fraction of sp³-hybridized carbons (Fsp3) is 0.333. The van der Waals surface area contributed by atoms with Crippen LogP contribution in [0, 0.1) is 0 Å². The van der Waals surface area contributed by atoms with Crippen molar-refractivity contribution in [2.24, 2.45) is 0 Å². The smallest absolute Gasteiger partial charge is 0.337 e. The van der Waals surface area contributed by atoms with E-state index in [0.29, 0.717) is 18.9 Å². The first-order chi connectivity index (χ1) is 9.19. The molecule has 0 saturated carbocycles. The molecule has 1 fully saturated rings. The molecule has 2 N–H and O–H groups in total. The Bertz CT molecular complexity index is 631. The number of carboxylic acid groups (broad SMARTS) is 1. The molecule has 100 valence electrons. The number of aromatic carboxylic acids is 1. The highest BCUT2D eigenvalue weighted by molar-refractivity contribution is 6.02. The number of ether oxygens (including phenoxy) is 1.